The molecule has 0 spiro atoms. The molecule has 122 valence electrons. The maximum absolute atomic E-state index is 10.8. The number of benzene rings is 1. The third kappa shape index (κ3) is 4.14. The molecule has 1 fully saturated rings. The summed E-state index contributed by atoms with van der Waals surface area (Å²) in [5, 5.41) is 3.07. The number of hydrogen-bond donors (Lipinski definition) is 1. The van der Waals surface area contributed by atoms with E-state index in [-0.39, 0.29) is 10.2 Å². The van der Waals surface area contributed by atoms with Crippen molar-refractivity contribution in [2.45, 2.75) is 4.90 Å². The van der Waals surface area contributed by atoms with Crippen molar-refractivity contribution >= 4 is 40.3 Å². The Bertz CT molecular complexity index is 709. The van der Waals surface area contributed by atoms with Gasteiger partial charge in [0.25, 0.3) is 0 Å². The van der Waals surface area contributed by atoms with Crippen LogP contribution < -0.4 is 10.2 Å². The van der Waals surface area contributed by atoms with E-state index in [0.29, 0.717) is 43.9 Å². The van der Waals surface area contributed by atoms with E-state index in [1.807, 2.05) is 4.90 Å². The Morgan fingerprint density at radius 2 is 1.87 bits per heavy atom. The molecule has 0 bridgehead atoms. The van der Waals surface area contributed by atoms with E-state index in [4.69, 9.17) is 16.3 Å². The summed E-state index contributed by atoms with van der Waals surface area (Å²) in [7, 11) is 0. The molecule has 1 aliphatic heterocycles. The lowest BCUT2D eigenvalue weighted by atomic mass is 10.3. The first-order valence-electron chi connectivity index (χ1n) is 6.82. The predicted molar refractivity (Wildman–Crippen MR) is 84.8 cm³/mol. The summed E-state index contributed by atoms with van der Waals surface area (Å²) in [6.45, 7) is 2.59. The van der Waals surface area contributed by atoms with Gasteiger partial charge in [0.1, 0.15) is 0 Å². The number of rotatable bonds is 4. The molecule has 2 heterocycles. The molecule has 1 atom stereocenters. The molecular formula is C13H13ClN5O3S-. The molecule has 0 radical (unpaired) electrons. The van der Waals surface area contributed by atoms with Gasteiger partial charge >= 0.3 is 0 Å². The third-order valence-electron chi connectivity index (χ3n) is 3.19. The molecule has 2 aromatic rings. The Morgan fingerprint density at radius 3 is 2.52 bits per heavy atom. The fourth-order valence-electron chi connectivity index (χ4n) is 2.08. The Balaban J connectivity index is 1.79. The summed E-state index contributed by atoms with van der Waals surface area (Å²) in [5.41, 5.74) is 0.648. The number of hydrogen-bond acceptors (Lipinski definition) is 8. The van der Waals surface area contributed by atoms with Crippen LogP contribution in [0.1, 0.15) is 0 Å². The Hall–Kier alpha value is -1.81. The maximum atomic E-state index is 10.8. The summed E-state index contributed by atoms with van der Waals surface area (Å²) >= 11 is 3.71. The van der Waals surface area contributed by atoms with E-state index < -0.39 is 11.1 Å². The molecule has 1 aromatic carbocycles. The van der Waals surface area contributed by atoms with E-state index in [9.17, 15) is 8.76 Å². The summed E-state index contributed by atoms with van der Waals surface area (Å²) in [6.07, 6.45) is 0. The maximum Gasteiger partial charge on any atom is 0.233 e. The second-order valence-corrected chi connectivity index (χ2v) is 5.99. The van der Waals surface area contributed by atoms with Crippen molar-refractivity contribution < 1.29 is 13.5 Å². The SMILES string of the molecule is O=S([O-])c1ccc(Nc2nc(Cl)nc(N3CCOCC3)n2)cc1. The lowest BCUT2D eigenvalue weighted by Crippen LogP contribution is -2.37. The van der Waals surface area contributed by atoms with Gasteiger partial charge in [0.15, 0.2) is 0 Å². The van der Waals surface area contributed by atoms with Gasteiger partial charge in [0.05, 0.1) is 13.2 Å². The lowest BCUT2D eigenvalue weighted by molar-refractivity contribution is 0.122. The minimum Gasteiger partial charge on any atom is -0.768 e. The van der Waals surface area contributed by atoms with Crippen LogP contribution in [0, 0.1) is 0 Å². The van der Waals surface area contributed by atoms with Crippen LogP contribution in [0.3, 0.4) is 0 Å². The molecule has 0 amide bonds. The van der Waals surface area contributed by atoms with Gasteiger partial charge in [-0.3, -0.25) is 4.21 Å². The number of aromatic nitrogens is 3. The van der Waals surface area contributed by atoms with Crippen LogP contribution in [-0.2, 0) is 15.8 Å². The van der Waals surface area contributed by atoms with Crippen molar-refractivity contribution in [2.75, 3.05) is 36.5 Å². The van der Waals surface area contributed by atoms with Gasteiger partial charge in [0.2, 0.25) is 17.2 Å². The summed E-state index contributed by atoms with van der Waals surface area (Å²) in [6, 6.07) is 6.21. The van der Waals surface area contributed by atoms with Crippen molar-refractivity contribution in [3.63, 3.8) is 0 Å². The van der Waals surface area contributed by atoms with Crippen molar-refractivity contribution in [3.8, 4) is 0 Å². The smallest absolute Gasteiger partial charge is 0.233 e. The molecule has 8 nitrogen and oxygen atoms in total. The van der Waals surface area contributed by atoms with E-state index in [1.54, 1.807) is 12.1 Å². The first kappa shape index (κ1) is 16.1. The first-order chi connectivity index (χ1) is 11.1. The molecule has 0 aliphatic carbocycles. The third-order valence-corrected chi connectivity index (χ3v) is 4.02. The summed E-state index contributed by atoms with van der Waals surface area (Å²) < 4.78 is 27.0. The van der Waals surface area contributed by atoms with Gasteiger partial charge in [0, 0.05) is 23.7 Å². The highest BCUT2D eigenvalue weighted by molar-refractivity contribution is 7.79. The highest BCUT2D eigenvalue weighted by atomic mass is 35.5. The van der Waals surface area contributed by atoms with Crippen LogP contribution in [-0.4, -0.2) is 50.0 Å². The number of ether oxygens (including phenoxy) is 1. The largest absolute Gasteiger partial charge is 0.768 e. The highest BCUT2D eigenvalue weighted by Crippen LogP contribution is 2.19. The zero-order valence-electron chi connectivity index (χ0n) is 11.9. The fourth-order valence-corrected chi connectivity index (χ4v) is 2.59. The van der Waals surface area contributed by atoms with Crippen LogP contribution in [0.4, 0.5) is 17.6 Å². The number of nitrogens with one attached hydrogen (secondary N) is 1. The van der Waals surface area contributed by atoms with Crippen molar-refractivity contribution in [3.05, 3.63) is 29.5 Å². The van der Waals surface area contributed by atoms with Crippen LogP contribution in [0.25, 0.3) is 0 Å². The lowest BCUT2D eigenvalue weighted by Gasteiger charge is -2.26. The number of nitrogens with zero attached hydrogens (tertiary/aromatic N) is 4. The van der Waals surface area contributed by atoms with Crippen LogP contribution in [0.5, 0.6) is 0 Å². The van der Waals surface area contributed by atoms with Gasteiger partial charge < -0.3 is 19.5 Å². The Labute approximate surface area is 140 Å². The van der Waals surface area contributed by atoms with Gasteiger partial charge in [-0.25, -0.2) is 0 Å². The minimum atomic E-state index is -2.25. The molecule has 1 unspecified atom stereocenters. The molecular weight excluding hydrogens is 342 g/mol. The molecule has 1 saturated heterocycles. The van der Waals surface area contributed by atoms with Gasteiger partial charge in [-0.05, 0) is 46.9 Å². The van der Waals surface area contributed by atoms with Crippen molar-refractivity contribution in [1.82, 2.24) is 15.0 Å². The van der Waals surface area contributed by atoms with Gasteiger partial charge in [-0.15, -0.1) is 0 Å². The quantitative estimate of drug-likeness (QED) is 0.820. The highest BCUT2D eigenvalue weighted by Gasteiger charge is 2.16. The average Bonchev–Trinajstić information content (AvgIpc) is 2.55. The Morgan fingerprint density at radius 1 is 1.17 bits per heavy atom. The number of morpholine rings is 1. The predicted octanol–water partition coefficient (Wildman–Crippen LogP) is 1.34. The number of halogens is 1. The molecule has 1 aromatic heterocycles. The Kier molecular flexibility index (Phi) is 5.01. The molecule has 3 rings (SSSR count). The molecule has 10 heteroatoms. The second kappa shape index (κ2) is 7.18. The van der Waals surface area contributed by atoms with Crippen molar-refractivity contribution in [2.24, 2.45) is 0 Å². The second-order valence-electron chi connectivity index (χ2n) is 4.71. The standard InChI is InChI=1S/C13H14ClN5O3S/c14-11-16-12(15-9-1-3-10(4-2-9)23(20)21)18-13(17-11)19-5-7-22-8-6-19/h1-4H,5-8H2,(H,20,21)(H,15,16,17,18)/p-1. The summed E-state index contributed by atoms with van der Waals surface area (Å²) in [5.74, 6) is 0.774. The molecule has 1 aliphatic rings. The van der Waals surface area contributed by atoms with E-state index in [1.165, 1.54) is 12.1 Å². The zero-order valence-corrected chi connectivity index (χ0v) is 13.5. The van der Waals surface area contributed by atoms with Crippen LogP contribution in [0.15, 0.2) is 29.2 Å². The fraction of sp³-hybridized carbons (Fsp3) is 0.308. The zero-order chi connectivity index (χ0) is 16.2. The van der Waals surface area contributed by atoms with Gasteiger partial charge in [-0.2, -0.15) is 15.0 Å². The first-order valence-corrected chi connectivity index (χ1v) is 8.28. The molecule has 0 saturated carbocycles. The van der Waals surface area contributed by atoms with E-state index in [0.717, 1.165) is 0 Å². The normalized spacial score (nSPS) is 16.2. The minimum absolute atomic E-state index is 0.0845. The van der Waals surface area contributed by atoms with E-state index in [2.05, 4.69) is 20.3 Å². The van der Waals surface area contributed by atoms with Crippen LogP contribution in [0.2, 0.25) is 5.28 Å². The van der Waals surface area contributed by atoms with Crippen molar-refractivity contribution in [1.29, 1.82) is 0 Å². The monoisotopic (exact) mass is 354 g/mol. The average molecular weight is 355 g/mol. The molecule has 1 N–H and O–H groups in total. The van der Waals surface area contributed by atoms with E-state index >= 15 is 0 Å². The van der Waals surface area contributed by atoms with Gasteiger partial charge in [-0.1, -0.05) is 0 Å². The number of anilines is 3. The molecule has 23 heavy (non-hydrogen) atoms. The summed E-state index contributed by atoms with van der Waals surface area (Å²) in [4.78, 5) is 14.7. The topological polar surface area (TPSA) is 103 Å². The van der Waals surface area contributed by atoms with Crippen LogP contribution >= 0.6 is 11.6 Å².